The van der Waals surface area contributed by atoms with Gasteiger partial charge in [0.25, 0.3) is 0 Å². The lowest BCUT2D eigenvalue weighted by atomic mass is 10.3. The van der Waals surface area contributed by atoms with Crippen molar-refractivity contribution in [3.05, 3.63) is 48.5 Å². The van der Waals surface area contributed by atoms with Crippen molar-refractivity contribution in [1.82, 2.24) is 15.0 Å². The number of hydrogen-bond donors (Lipinski definition) is 5. The van der Waals surface area contributed by atoms with Crippen LogP contribution in [-0.4, -0.2) is 35.2 Å². The monoisotopic (exact) mass is 366 g/mol. The Morgan fingerprint density at radius 1 is 0.889 bits per heavy atom. The van der Waals surface area contributed by atoms with E-state index >= 15 is 0 Å². The van der Waals surface area contributed by atoms with Gasteiger partial charge < -0.3 is 32.2 Å². The van der Waals surface area contributed by atoms with E-state index < -0.39 is 0 Å². The number of nitrogens with zero attached hydrogens (tertiary/aromatic N) is 3. The van der Waals surface area contributed by atoms with Crippen LogP contribution in [0.4, 0.5) is 34.9 Å². The smallest absolute Gasteiger partial charge is 0.233 e. The molecule has 3 aromatic rings. The molecule has 3 rings (SSSR count). The van der Waals surface area contributed by atoms with Gasteiger partial charge in [-0.05, 0) is 30.3 Å². The van der Waals surface area contributed by atoms with E-state index in [0.717, 1.165) is 17.1 Å². The van der Waals surface area contributed by atoms with Gasteiger partial charge in [0.15, 0.2) is 0 Å². The summed E-state index contributed by atoms with van der Waals surface area (Å²) in [7, 11) is 1.62. The van der Waals surface area contributed by atoms with Gasteiger partial charge in [0.2, 0.25) is 17.8 Å². The topological polar surface area (TPSA) is 136 Å². The van der Waals surface area contributed by atoms with Gasteiger partial charge in [0.1, 0.15) is 5.75 Å². The molecule has 9 heteroatoms. The first-order valence-electron chi connectivity index (χ1n) is 8.40. The van der Waals surface area contributed by atoms with Gasteiger partial charge in [0, 0.05) is 36.2 Å². The molecule has 1 heterocycles. The first-order valence-corrected chi connectivity index (χ1v) is 8.40. The van der Waals surface area contributed by atoms with Gasteiger partial charge in [-0.2, -0.15) is 15.0 Å². The number of aromatic nitrogens is 3. The summed E-state index contributed by atoms with van der Waals surface area (Å²) in [6.45, 7) is 1.00. The number of methoxy groups -OCH3 is 1. The van der Waals surface area contributed by atoms with E-state index in [4.69, 9.17) is 16.2 Å². The summed E-state index contributed by atoms with van der Waals surface area (Å²) < 4.78 is 5.24. The summed E-state index contributed by atoms with van der Waals surface area (Å²) in [6.07, 6.45) is 0. The van der Waals surface area contributed by atoms with Gasteiger partial charge in [-0.3, -0.25) is 0 Å². The van der Waals surface area contributed by atoms with Crippen LogP contribution in [0.25, 0.3) is 0 Å². The number of rotatable bonds is 8. The molecule has 1 aromatic heterocycles. The quantitative estimate of drug-likeness (QED) is 0.380. The fraction of sp³-hybridized carbons (Fsp3) is 0.167. The molecule has 0 atom stereocenters. The summed E-state index contributed by atoms with van der Waals surface area (Å²) in [5.41, 5.74) is 13.6. The molecule has 0 aliphatic carbocycles. The van der Waals surface area contributed by atoms with Gasteiger partial charge in [-0.25, -0.2) is 0 Å². The normalized spacial score (nSPS) is 10.3. The maximum absolute atomic E-state index is 5.82. The maximum Gasteiger partial charge on any atom is 0.233 e. The fourth-order valence-electron chi connectivity index (χ4n) is 2.33. The van der Waals surface area contributed by atoms with Gasteiger partial charge >= 0.3 is 0 Å². The minimum absolute atomic E-state index is 0.375. The van der Waals surface area contributed by atoms with Crippen LogP contribution in [0, 0.1) is 0 Å². The molecule has 0 radical (unpaired) electrons. The number of hydrogen-bond acceptors (Lipinski definition) is 9. The van der Waals surface area contributed by atoms with Crippen molar-refractivity contribution >= 4 is 34.9 Å². The minimum atomic E-state index is 0.375. The average Bonchev–Trinajstić information content (AvgIpc) is 2.66. The summed E-state index contributed by atoms with van der Waals surface area (Å²) in [6, 6.07) is 14.8. The van der Waals surface area contributed by atoms with Crippen LogP contribution >= 0.6 is 0 Å². The molecular weight excluding hydrogens is 344 g/mol. The lowest BCUT2D eigenvalue weighted by Gasteiger charge is -2.12. The molecule has 0 amide bonds. The van der Waals surface area contributed by atoms with Gasteiger partial charge in [0.05, 0.1) is 7.11 Å². The number of benzene rings is 2. The van der Waals surface area contributed by atoms with Crippen molar-refractivity contribution in [2.24, 2.45) is 5.73 Å². The third-order valence-corrected chi connectivity index (χ3v) is 3.53. The van der Waals surface area contributed by atoms with Crippen LogP contribution in [0.1, 0.15) is 0 Å². The Kier molecular flexibility index (Phi) is 5.85. The summed E-state index contributed by atoms with van der Waals surface area (Å²) in [5, 5.41) is 9.35. The van der Waals surface area contributed by atoms with Crippen molar-refractivity contribution < 1.29 is 4.74 Å². The second-order valence-corrected chi connectivity index (χ2v) is 5.63. The van der Waals surface area contributed by atoms with Crippen LogP contribution in [0.15, 0.2) is 48.5 Å². The molecular formula is C18H22N8O. The summed E-state index contributed by atoms with van der Waals surface area (Å²) in [4.78, 5) is 13.2. The number of nitrogen functional groups attached to an aromatic ring is 1. The third-order valence-electron chi connectivity index (χ3n) is 3.53. The van der Waals surface area contributed by atoms with Crippen LogP contribution in [0.5, 0.6) is 5.75 Å². The lowest BCUT2D eigenvalue weighted by molar-refractivity contribution is 0.415. The van der Waals surface area contributed by atoms with E-state index in [1.54, 1.807) is 13.2 Å². The first-order chi connectivity index (χ1) is 13.2. The highest BCUT2D eigenvalue weighted by molar-refractivity contribution is 5.62. The van der Waals surface area contributed by atoms with E-state index in [9.17, 15) is 0 Å². The van der Waals surface area contributed by atoms with Crippen molar-refractivity contribution in [3.63, 3.8) is 0 Å². The Morgan fingerprint density at radius 2 is 1.52 bits per heavy atom. The lowest BCUT2D eigenvalue weighted by Crippen LogP contribution is -2.16. The number of nitrogens with one attached hydrogen (secondary N) is 3. The predicted octanol–water partition coefficient (Wildman–Crippen LogP) is 2.32. The Labute approximate surface area is 157 Å². The Morgan fingerprint density at radius 3 is 2.15 bits per heavy atom. The van der Waals surface area contributed by atoms with Crippen molar-refractivity contribution in [1.29, 1.82) is 0 Å². The first kappa shape index (κ1) is 18.2. The molecule has 2 aromatic carbocycles. The molecule has 0 unspecified atom stereocenters. The molecule has 0 aliphatic rings. The molecule has 140 valence electrons. The molecule has 0 aliphatic heterocycles. The molecule has 0 saturated carbocycles. The molecule has 9 nitrogen and oxygen atoms in total. The zero-order valence-corrected chi connectivity index (χ0v) is 14.9. The highest BCUT2D eigenvalue weighted by Crippen LogP contribution is 2.22. The SMILES string of the molecule is COc1cccc(Nc2nc(NCCN)nc(Nc3cccc(N)c3)n2)c1. The summed E-state index contributed by atoms with van der Waals surface area (Å²) >= 11 is 0. The van der Waals surface area contributed by atoms with E-state index in [2.05, 4.69) is 30.9 Å². The highest BCUT2D eigenvalue weighted by Gasteiger charge is 2.08. The molecule has 0 saturated heterocycles. The molecule has 7 N–H and O–H groups in total. The van der Waals surface area contributed by atoms with Gasteiger partial charge in [-0.1, -0.05) is 12.1 Å². The van der Waals surface area contributed by atoms with Crippen LogP contribution in [0.2, 0.25) is 0 Å². The maximum atomic E-state index is 5.82. The Bertz CT molecular complexity index is 902. The van der Waals surface area contributed by atoms with E-state index in [-0.39, 0.29) is 0 Å². The molecule has 0 bridgehead atoms. The second-order valence-electron chi connectivity index (χ2n) is 5.63. The van der Waals surface area contributed by atoms with Crippen LogP contribution < -0.4 is 32.2 Å². The Balaban J connectivity index is 1.87. The predicted molar refractivity (Wildman–Crippen MR) is 108 cm³/mol. The largest absolute Gasteiger partial charge is 0.497 e. The Hall–Kier alpha value is -3.59. The highest BCUT2D eigenvalue weighted by atomic mass is 16.5. The van der Waals surface area contributed by atoms with Gasteiger partial charge in [-0.15, -0.1) is 0 Å². The number of nitrogens with two attached hydrogens (primary N) is 2. The van der Waals surface area contributed by atoms with Crippen LogP contribution in [-0.2, 0) is 0 Å². The molecule has 27 heavy (non-hydrogen) atoms. The second kappa shape index (κ2) is 8.68. The number of ether oxygens (including phenoxy) is 1. The van der Waals surface area contributed by atoms with E-state index in [1.807, 2.05) is 42.5 Å². The van der Waals surface area contributed by atoms with Crippen molar-refractivity contribution in [2.75, 3.05) is 41.9 Å². The van der Waals surface area contributed by atoms with E-state index in [1.165, 1.54) is 0 Å². The fourth-order valence-corrected chi connectivity index (χ4v) is 2.33. The zero-order valence-electron chi connectivity index (χ0n) is 14.9. The molecule has 0 spiro atoms. The third kappa shape index (κ3) is 5.19. The van der Waals surface area contributed by atoms with Crippen molar-refractivity contribution in [2.45, 2.75) is 0 Å². The minimum Gasteiger partial charge on any atom is -0.497 e. The van der Waals surface area contributed by atoms with Crippen LogP contribution in [0.3, 0.4) is 0 Å². The van der Waals surface area contributed by atoms with Crippen molar-refractivity contribution in [3.8, 4) is 5.75 Å². The number of anilines is 6. The standard InChI is InChI=1S/C18H22N8O/c1-27-15-7-3-6-14(11-15)23-18-25-16(21-9-8-19)24-17(26-18)22-13-5-2-4-12(20)10-13/h2-7,10-11H,8-9,19-20H2,1H3,(H3,21,22,23,24,25,26). The average molecular weight is 366 g/mol. The van der Waals surface area contributed by atoms with E-state index in [0.29, 0.717) is 36.6 Å². The zero-order chi connectivity index (χ0) is 19.1. The molecule has 0 fully saturated rings. The summed E-state index contributed by atoms with van der Waals surface area (Å²) in [5.74, 6) is 1.89.